The van der Waals surface area contributed by atoms with Gasteiger partial charge in [0.15, 0.2) is 0 Å². The molecule has 0 bridgehead atoms. The standard InChI is InChI=1S/C14H27F3N2/c1-10(2)13(19(3)4)9-18-12-8-6-5-7-11(12)14(15,16)17/h10-13,18H,5-9H2,1-4H3. The zero-order chi connectivity index (χ0) is 14.6. The molecule has 0 amide bonds. The van der Waals surface area contributed by atoms with Gasteiger partial charge in [-0.05, 0) is 32.9 Å². The quantitative estimate of drug-likeness (QED) is 0.831. The monoisotopic (exact) mass is 280 g/mol. The Morgan fingerprint density at radius 3 is 2.21 bits per heavy atom. The van der Waals surface area contributed by atoms with Gasteiger partial charge in [0, 0.05) is 18.6 Å². The van der Waals surface area contributed by atoms with Crippen LogP contribution in [0, 0.1) is 11.8 Å². The Balaban J connectivity index is 2.58. The Hall–Kier alpha value is -0.290. The molecule has 1 saturated carbocycles. The van der Waals surface area contributed by atoms with E-state index in [0.717, 1.165) is 6.42 Å². The lowest BCUT2D eigenvalue weighted by atomic mass is 9.83. The zero-order valence-electron chi connectivity index (χ0n) is 12.4. The maximum Gasteiger partial charge on any atom is 0.393 e. The first-order valence-corrected chi connectivity index (χ1v) is 7.20. The zero-order valence-corrected chi connectivity index (χ0v) is 12.4. The van der Waals surface area contributed by atoms with E-state index in [9.17, 15) is 13.2 Å². The molecule has 3 unspecified atom stereocenters. The Morgan fingerprint density at radius 2 is 1.74 bits per heavy atom. The SMILES string of the molecule is CC(C)C(CNC1CCCCC1C(F)(F)F)N(C)C. The number of nitrogens with one attached hydrogen (secondary N) is 1. The van der Waals surface area contributed by atoms with Crippen molar-refractivity contribution in [2.24, 2.45) is 11.8 Å². The van der Waals surface area contributed by atoms with Gasteiger partial charge in [0.25, 0.3) is 0 Å². The summed E-state index contributed by atoms with van der Waals surface area (Å²) in [5.74, 6) is -0.744. The van der Waals surface area contributed by atoms with E-state index >= 15 is 0 Å². The van der Waals surface area contributed by atoms with E-state index in [4.69, 9.17) is 0 Å². The van der Waals surface area contributed by atoms with E-state index in [2.05, 4.69) is 24.1 Å². The van der Waals surface area contributed by atoms with E-state index in [1.54, 1.807) is 0 Å². The molecule has 114 valence electrons. The fourth-order valence-corrected chi connectivity index (χ4v) is 3.05. The summed E-state index contributed by atoms with van der Waals surface area (Å²) in [5, 5.41) is 3.18. The third kappa shape index (κ3) is 4.95. The third-order valence-corrected chi connectivity index (χ3v) is 4.21. The maximum atomic E-state index is 13.0. The lowest BCUT2D eigenvalue weighted by Gasteiger charge is -2.36. The van der Waals surface area contributed by atoms with Gasteiger partial charge >= 0.3 is 6.18 Å². The van der Waals surface area contributed by atoms with Gasteiger partial charge in [-0.25, -0.2) is 0 Å². The highest BCUT2D eigenvalue weighted by molar-refractivity contribution is 4.87. The van der Waals surface area contributed by atoms with Gasteiger partial charge in [-0.15, -0.1) is 0 Å². The van der Waals surface area contributed by atoms with Crippen LogP contribution in [0.5, 0.6) is 0 Å². The number of hydrogen-bond acceptors (Lipinski definition) is 2. The number of alkyl halides is 3. The smallest absolute Gasteiger partial charge is 0.312 e. The van der Waals surface area contributed by atoms with Gasteiger partial charge in [-0.2, -0.15) is 13.2 Å². The summed E-state index contributed by atoms with van der Waals surface area (Å²) >= 11 is 0. The van der Waals surface area contributed by atoms with Gasteiger partial charge in [0.1, 0.15) is 0 Å². The number of likely N-dealkylation sites (N-methyl/N-ethyl adjacent to an activating group) is 1. The first kappa shape index (κ1) is 16.8. The van der Waals surface area contributed by atoms with Crippen molar-refractivity contribution in [2.45, 2.75) is 57.8 Å². The molecular formula is C14H27F3N2. The Kier molecular flexibility index (Phi) is 6.12. The van der Waals surface area contributed by atoms with Crippen LogP contribution in [0.15, 0.2) is 0 Å². The molecule has 0 heterocycles. The van der Waals surface area contributed by atoms with Crippen LogP contribution in [-0.2, 0) is 0 Å². The van der Waals surface area contributed by atoms with Crippen LogP contribution in [-0.4, -0.2) is 43.8 Å². The van der Waals surface area contributed by atoms with Crippen molar-refractivity contribution in [2.75, 3.05) is 20.6 Å². The van der Waals surface area contributed by atoms with Crippen LogP contribution in [0.1, 0.15) is 39.5 Å². The van der Waals surface area contributed by atoms with E-state index in [1.807, 2.05) is 14.1 Å². The first-order chi connectivity index (χ1) is 8.73. The van der Waals surface area contributed by atoms with E-state index in [-0.39, 0.29) is 12.5 Å². The van der Waals surface area contributed by atoms with Gasteiger partial charge < -0.3 is 10.2 Å². The summed E-state index contributed by atoms with van der Waals surface area (Å²) in [5.41, 5.74) is 0. The number of halogens is 3. The van der Waals surface area contributed by atoms with Crippen LogP contribution < -0.4 is 5.32 Å². The van der Waals surface area contributed by atoms with Gasteiger partial charge in [0.05, 0.1) is 5.92 Å². The van der Waals surface area contributed by atoms with E-state index < -0.39 is 18.1 Å². The molecule has 0 aromatic carbocycles. The highest BCUT2D eigenvalue weighted by Crippen LogP contribution is 2.37. The molecule has 0 saturated heterocycles. The molecule has 3 atom stereocenters. The van der Waals surface area contributed by atoms with Gasteiger partial charge in [-0.1, -0.05) is 26.7 Å². The summed E-state index contributed by atoms with van der Waals surface area (Å²) in [6, 6.07) is -0.134. The molecule has 0 aromatic heterocycles. The Labute approximate surface area is 114 Å². The summed E-state index contributed by atoms with van der Waals surface area (Å²) < 4.78 is 38.9. The molecule has 1 rings (SSSR count). The second kappa shape index (κ2) is 6.93. The molecule has 0 aromatic rings. The van der Waals surface area contributed by atoms with Crippen LogP contribution in [0.25, 0.3) is 0 Å². The van der Waals surface area contributed by atoms with Crippen LogP contribution in [0.3, 0.4) is 0 Å². The largest absolute Gasteiger partial charge is 0.393 e. The van der Waals surface area contributed by atoms with Crippen molar-refractivity contribution < 1.29 is 13.2 Å². The molecule has 2 nitrogen and oxygen atoms in total. The summed E-state index contributed by atoms with van der Waals surface area (Å²) in [4.78, 5) is 2.09. The second-order valence-electron chi connectivity index (χ2n) is 6.22. The lowest BCUT2D eigenvalue weighted by Crippen LogP contribution is -2.50. The molecule has 19 heavy (non-hydrogen) atoms. The van der Waals surface area contributed by atoms with Gasteiger partial charge in [-0.3, -0.25) is 0 Å². The van der Waals surface area contributed by atoms with Crippen LogP contribution in [0.2, 0.25) is 0 Å². The maximum absolute atomic E-state index is 13.0. The lowest BCUT2D eigenvalue weighted by molar-refractivity contribution is -0.189. The van der Waals surface area contributed by atoms with Crippen molar-refractivity contribution in [1.29, 1.82) is 0 Å². The van der Waals surface area contributed by atoms with Crippen molar-refractivity contribution in [3.05, 3.63) is 0 Å². The number of nitrogens with zero attached hydrogens (tertiary/aromatic N) is 1. The Morgan fingerprint density at radius 1 is 1.16 bits per heavy atom. The minimum atomic E-state index is -4.07. The summed E-state index contributed by atoms with van der Waals surface area (Å²) in [6.07, 6.45) is -1.55. The minimum Gasteiger partial charge on any atom is -0.312 e. The predicted molar refractivity (Wildman–Crippen MR) is 72.1 cm³/mol. The molecule has 1 aliphatic carbocycles. The molecule has 1 N–H and O–H groups in total. The van der Waals surface area contributed by atoms with Crippen molar-refractivity contribution >= 4 is 0 Å². The van der Waals surface area contributed by atoms with Crippen molar-refractivity contribution in [3.63, 3.8) is 0 Å². The number of rotatable bonds is 5. The topological polar surface area (TPSA) is 15.3 Å². The van der Waals surface area contributed by atoms with Crippen molar-refractivity contribution in [1.82, 2.24) is 10.2 Å². The molecule has 0 radical (unpaired) electrons. The molecular weight excluding hydrogens is 253 g/mol. The normalized spacial score (nSPS) is 27.0. The average molecular weight is 280 g/mol. The highest BCUT2D eigenvalue weighted by Gasteiger charge is 2.45. The highest BCUT2D eigenvalue weighted by atomic mass is 19.4. The van der Waals surface area contributed by atoms with Crippen molar-refractivity contribution in [3.8, 4) is 0 Å². The fourth-order valence-electron chi connectivity index (χ4n) is 3.05. The van der Waals surface area contributed by atoms with Crippen LogP contribution in [0.4, 0.5) is 13.2 Å². The summed E-state index contributed by atoms with van der Waals surface area (Å²) in [7, 11) is 3.96. The average Bonchev–Trinajstić information content (AvgIpc) is 2.27. The molecule has 0 spiro atoms. The number of hydrogen-bond donors (Lipinski definition) is 1. The second-order valence-corrected chi connectivity index (χ2v) is 6.22. The van der Waals surface area contributed by atoms with Gasteiger partial charge in [0.2, 0.25) is 0 Å². The first-order valence-electron chi connectivity index (χ1n) is 7.20. The van der Waals surface area contributed by atoms with Crippen LogP contribution >= 0.6 is 0 Å². The molecule has 1 fully saturated rings. The fraction of sp³-hybridized carbons (Fsp3) is 1.00. The van der Waals surface area contributed by atoms with E-state index in [1.165, 1.54) is 0 Å². The predicted octanol–water partition coefficient (Wildman–Crippen LogP) is 3.28. The molecule has 1 aliphatic rings. The summed E-state index contributed by atoms with van der Waals surface area (Å²) in [6.45, 7) is 4.84. The third-order valence-electron chi connectivity index (χ3n) is 4.21. The Bertz CT molecular complexity index is 256. The molecule has 5 heteroatoms. The van der Waals surface area contributed by atoms with E-state index in [0.29, 0.717) is 25.3 Å². The molecule has 0 aliphatic heterocycles. The minimum absolute atomic E-state index is 0.273.